The van der Waals surface area contributed by atoms with Gasteiger partial charge in [0.05, 0.1) is 23.8 Å². The summed E-state index contributed by atoms with van der Waals surface area (Å²) in [6.07, 6.45) is 0. The highest BCUT2D eigenvalue weighted by Crippen LogP contribution is 2.30. The number of nitrogens with two attached hydrogens (primary N) is 1. The molecule has 1 aromatic heterocycles. The molecule has 0 aliphatic carbocycles. The molecule has 0 saturated carbocycles. The van der Waals surface area contributed by atoms with Crippen LogP contribution in [0.3, 0.4) is 0 Å². The van der Waals surface area contributed by atoms with Crippen molar-refractivity contribution in [3.63, 3.8) is 0 Å². The number of aromatic nitrogens is 2. The molecular formula is C14H11F2N3O. The topological polar surface area (TPSA) is 53.1 Å². The van der Waals surface area contributed by atoms with E-state index in [0.29, 0.717) is 22.5 Å². The fourth-order valence-electron chi connectivity index (χ4n) is 2.16. The van der Waals surface area contributed by atoms with E-state index in [1.54, 1.807) is 10.6 Å². The molecule has 1 heterocycles. The third-order valence-electron chi connectivity index (χ3n) is 3.03. The molecule has 4 nitrogen and oxygen atoms in total. The second-order valence-corrected chi connectivity index (χ2v) is 4.25. The van der Waals surface area contributed by atoms with Crippen molar-refractivity contribution in [1.29, 1.82) is 0 Å². The number of fused-ring (bicyclic) bond motifs is 1. The van der Waals surface area contributed by atoms with Gasteiger partial charge in [-0.3, -0.25) is 4.57 Å². The monoisotopic (exact) mass is 275 g/mol. The van der Waals surface area contributed by atoms with Crippen molar-refractivity contribution in [1.82, 2.24) is 9.55 Å². The average molecular weight is 275 g/mol. The SMILES string of the molecule is COc1cc(F)ccc1-n1c(N)nc2cc(F)ccc21. The second-order valence-electron chi connectivity index (χ2n) is 4.25. The number of ether oxygens (including phenoxy) is 1. The lowest BCUT2D eigenvalue weighted by Gasteiger charge is -2.11. The largest absolute Gasteiger partial charge is 0.494 e. The average Bonchev–Trinajstić information content (AvgIpc) is 2.73. The number of imidazole rings is 1. The summed E-state index contributed by atoms with van der Waals surface area (Å²) >= 11 is 0. The number of hydrogen-bond acceptors (Lipinski definition) is 3. The summed E-state index contributed by atoms with van der Waals surface area (Å²) in [5.74, 6) is -0.316. The van der Waals surface area contributed by atoms with Crippen molar-refractivity contribution in [2.24, 2.45) is 0 Å². The van der Waals surface area contributed by atoms with E-state index in [1.165, 1.54) is 37.4 Å². The van der Waals surface area contributed by atoms with Crippen LogP contribution in [0, 0.1) is 11.6 Å². The maximum Gasteiger partial charge on any atom is 0.206 e. The Morgan fingerprint density at radius 1 is 1.10 bits per heavy atom. The number of halogens is 2. The number of hydrogen-bond donors (Lipinski definition) is 1. The van der Waals surface area contributed by atoms with Gasteiger partial charge in [-0.15, -0.1) is 0 Å². The normalized spacial score (nSPS) is 10.9. The zero-order chi connectivity index (χ0) is 14.3. The van der Waals surface area contributed by atoms with Gasteiger partial charge in [-0.05, 0) is 24.3 Å². The predicted octanol–water partition coefficient (Wildman–Crippen LogP) is 2.89. The van der Waals surface area contributed by atoms with E-state index in [4.69, 9.17) is 10.5 Å². The molecule has 3 aromatic rings. The number of nitrogens with zero attached hydrogens (tertiary/aromatic N) is 2. The molecule has 0 atom stereocenters. The standard InChI is InChI=1S/C14H11F2N3O/c1-20-13-7-9(16)3-5-12(13)19-11-4-2-8(15)6-10(11)18-14(19)17/h2-7H,1H3,(H2,17,18). The second kappa shape index (κ2) is 4.48. The van der Waals surface area contributed by atoms with Crippen LogP contribution in [0.2, 0.25) is 0 Å². The van der Waals surface area contributed by atoms with Crippen molar-refractivity contribution in [2.75, 3.05) is 12.8 Å². The van der Waals surface area contributed by atoms with Crippen molar-refractivity contribution in [2.45, 2.75) is 0 Å². The van der Waals surface area contributed by atoms with Gasteiger partial charge in [-0.2, -0.15) is 0 Å². The fraction of sp³-hybridized carbons (Fsp3) is 0.0714. The minimum absolute atomic E-state index is 0.176. The first-order chi connectivity index (χ1) is 9.60. The molecule has 0 amide bonds. The highest BCUT2D eigenvalue weighted by atomic mass is 19.1. The maximum atomic E-state index is 13.3. The molecule has 0 aliphatic heterocycles. The van der Waals surface area contributed by atoms with Gasteiger partial charge in [0, 0.05) is 12.1 Å². The van der Waals surface area contributed by atoms with Crippen LogP contribution < -0.4 is 10.5 Å². The molecule has 0 spiro atoms. The summed E-state index contributed by atoms with van der Waals surface area (Å²) in [6.45, 7) is 0. The summed E-state index contributed by atoms with van der Waals surface area (Å²) < 4.78 is 33.2. The Morgan fingerprint density at radius 2 is 1.80 bits per heavy atom. The van der Waals surface area contributed by atoms with E-state index in [2.05, 4.69) is 4.98 Å². The van der Waals surface area contributed by atoms with Gasteiger partial charge >= 0.3 is 0 Å². The third kappa shape index (κ3) is 1.85. The van der Waals surface area contributed by atoms with E-state index in [0.717, 1.165) is 0 Å². The van der Waals surface area contributed by atoms with Crippen LogP contribution in [0.15, 0.2) is 36.4 Å². The zero-order valence-electron chi connectivity index (χ0n) is 10.6. The number of anilines is 1. The Labute approximate surface area is 113 Å². The van der Waals surface area contributed by atoms with Crippen LogP contribution in [-0.4, -0.2) is 16.7 Å². The van der Waals surface area contributed by atoms with Gasteiger partial charge in [-0.25, -0.2) is 13.8 Å². The zero-order valence-corrected chi connectivity index (χ0v) is 10.6. The lowest BCUT2D eigenvalue weighted by molar-refractivity contribution is 0.410. The van der Waals surface area contributed by atoms with Crippen molar-refractivity contribution in [3.05, 3.63) is 48.0 Å². The molecule has 0 saturated heterocycles. The van der Waals surface area contributed by atoms with Gasteiger partial charge < -0.3 is 10.5 Å². The Balaban J connectivity index is 2.32. The minimum Gasteiger partial charge on any atom is -0.494 e. The predicted molar refractivity (Wildman–Crippen MR) is 72.0 cm³/mol. The summed E-state index contributed by atoms with van der Waals surface area (Å²) in [7, 11) is 1.44. The first-order valence-electron chi connectivity index (χ1n) is 5.87. The Kier molecular flexibility index (Phi) is 2.78. The van der Waals surface area contributed by atoms with E-state index in [-0.39, 0.29) is 5.95 Å². The van der Waals surface area contributed by atoms with Crippen molar-refractivity contribution < 1.29 is 13.5 Å². The molecule has 0 fully saturated rings. The molecule has 3 rings (SSSR count). The van der Waals surface area contributed by atoms with Crippen molar-refractivity contribution >= 4 is 17.0 Å². The smallest absolute Gasteiger partial charge is 0.206 e. The summed E-state index contributed by atoms with van der Waals surface area (Å²) in [4.78, 5) is 4.10. The third-order valence-corrected chi connectivity index (χ3v) is 3.03. The molecule has 0 aliphatic rings. The Morgan fingerprint density at radius 3 is 2.55 bits per heavy atom. The van der Waals surface area contributed by atoms with Gasteiger partial charge in [0.15, 0.2) is 0 Å². The number of rotatable bonds is 2. The Bertz CT molecular complexity index is 798. The number of benzene rings is 2. The van der Waals surface area contributed by atoms with E-state index in [9.17, 15) is 8.78 Å². The van der Waals surface area contributed by atoms with Crippen molar-refractivity contribution in [3.8, 4) is 11.4 Å². The van der Waals surface area contributed by atoms with Gasteiger partial charge in [0.25, 0.3) is 0 Å². The van der Waals surface area contributed by atoms with Crippen LogP contribution in [0.1, 0.15) is 0 Å². The highest BCUT2D eigenvalue weighted by Gasteiger charge is 2.14. The number of nitrogen functional groups attached to an aromatic ring is 1. The van der Waals surface area contributed by atoms with Gasteiger partial charge in [0.2, 0.25) is 5.95 Å². The van der Waals surface area contributed by atoms with Gasteiger partial charge in [-0.1, -0.05) is 0 Å². The summed E-state index contributed by atoms with van der Waals surface area (Å²) in [5.41, 5.74) is 7.46. The van der Waals surface area contributed by atoms with Crippen LogP contribution in [0.4, 0.5) is 14.7 Å². The molecule has 2 N–H and O–H groups in total. The number of methoxy groups -OCH3 is 1. The fourth-order valence-corrected chi connectivity index (χ4v) is 2.16. The molecular weight excluding hydrogens is 264 g/mol. The highest BCUT2D eigenvalue weighted by molar-refractivity contribution is 5.81. The molecule has 20 heavy (non-hydrogen) atoms. The van der Waals surface area contributed by atoms with Crippen LogP contribution in [0.25, 0.3) is 16.7 Å². The molecule has 6 heteroatoms. The summed E-state index contributed by atoms with van der Waals surface area (Å²) in [6, 6.07) is 8.26. The molecule has 0 unspecified atom stereocenters. The van der Waals surface area contributed by atoms with Gasteiger partial charge in [0.1, 0.15) is 17.4 Å². The molecule has 0 radical (unpaired) electrons. The minimum atomic E-state index is -0.417. The van der Waals surface area contributed by atoms with Crippen LogP contribution in [0.5, 0.6) is 5.75 Å². The van der Waals surface area contributed by atoms with Crippen LogP contribution in [-0.2, 0) is 0 Å². The lowest BCUT2D eigenvalue weighted by atomic mass is 10.2. The quantitative estimate of drug-likeness (QED) is 0.782. The molecule has 102 valence electrons. The first kappa shape index (κ1) is 12.4. The van der Waals surface area contributed by atoms with E-state index < -0.39 is 11.6 Å². The lowest BCUT2D eigenvalue weighted by Crippen LogP contribution is -2.03. The molecule has 2 aromatic carbocycles. The first-order valence-corrected chi connectivity index (χ1v) is 5.87. The van der Waals surface area contributed by atoms with E-state index >= 15 is 0 Å². The van der Waals surface area contributed by atoms with Crippen LogP contribution >= 0.6 is 0 Å². The van der Waals surface area contributed by atoms with E-state index in [1.807, 2.05) is 0 Å². The Hall–Kier alpha value is -2.63. The summed E-state index contributed by atoms with van der Waals surface area (Å²) in [5, 5.41) is 0. The maximum absolute atomic E-state index is 13.3. The molecule has 0 bridgehead atoms.